The Morgan fingerprint density at radius 3 is 2.69 bits per heavy atom. The van der Waals surface area contributed by atoms with Crippen molar-refractivity contribution in [3.8, 4) is 0 Å². The fraction of sp³-hybridized carbons (Fsp3) is 1.00. The first-order valence-corrected chi connectivity index (χ1v) is 4.77. The van der Waals surface area contributed by atoms with Gasteiger partial charge in [0, 0.05) is 19.0 Å². The zero-order valence-electron chi connectivity index (χ0n) is 7.85. The fourth-order valence-corrected chi connectivity index (χ4v) is 1.12. The Balaban J connectivity index is 3.38. The van der Waals surface area contributed by atoms with E-state index in [1.54, 1.807) is 0 Å². The molecule has 0 aliphatic carbocycles. The summed E-state index contributed by atoms with van der Waals surface area (Å²) in [6, 6.07) is 0. The lowest BCUT2D eigenvalue weighted by Gasteiger charge is -2.17. The van der Waals surface area contributed by atoms with Crippen molar-refractivity contribution in [2.24, 2.45) is 0 Å². The lowest BCUT2D eigenvalue weighted by Crippen LogP contribution is -2.27. The maximum atomic E-state index is 9.43. The lowest BCUT2D eigenvalue weighted by molar-refractivity contribution is -0.0617. The summed E-state index contributed by atoms with van der Waals surface area (Å²) in [4.78, 5) is 0. The molecule has 0 aromatic carbocycles. The van der Waals surface area contributed by atoms with E-state index in [2.05, 4.69) is 17.4 Å². The second-order valence-corrected chi connectivity index (χ2v) is 3.44. The molecular formula is C8H18O4S. The van der Waals surface area contributed by atoms with Gasteiger partial charge in [-0.1, -0.05) is 0 Å². The van der Waals surface area contributed by atoms with E-state index >= 15 is 0 Å². The third-order valence-electron chi connectivity index (χ3n) is 1.59. The Bertz CT molecular complexity index is 112. The molecule has 0 amide bonds. The molecule has 0 spiro atoms. The number of ether oxygens (including phenoxy) is 2. The highest BCUT2D eigenvalue weighted by molar-refractivity contribution is 7.81. The van der Waals surface area contributed by atoms with Gasteiger partial charge in [-0.3, -0.25) is 0 Å². The highest BCUT2D eigenvalue weighted by atomic mass is 32.1. The molecule has 0 aromatic rings. The van der Waals surface area contributed by atoms with Crippen molar-refractivity contribution in [1.29, 1.82) is 0 Å². The van der Waals surface area contributed by atoms with Crippen LogP contribution in [0, 0.1) is 0 Å². The molecule has 80 valence electrons. The van der Waals surface area contributed by atoms with Gasteiger partial charge >= 0.3 is 0 Å². The van der Waals surface area contributed by atoms with E-state index in [0.29, 0.717) is 12.8 Å². The maximum Gasteiger partial charge on any atom is 0.146 e. The number of rotatable bonds is 8. The predicted molar refractivity (Wildman–Crippen MR) is 52.9 cm³/mol. The van der Waals surface area contributed by atoms with Crippen LogP contribution in [0.1, 0.15) is 12.8 Å². The number of thiol groups is 1. The van der Waals surface area contributed by atoms with E-state index in [9.17, 15) is 5.11 Å². The van der Waals surface area contributed by atoms with E-state index in [-0.39, 0.29) is 25.3 Å². The van der Waals surface area contributed by atoms with Crippen molar-refractivity contribution in [2.45, 2.75) is 24.2 Å². The van der Waals surface area contributed by atoms with Gasteiger partial charge in [0.25, 0.3) is 0 Å². The van der Waals surface area contributed by atoms with Gasteiger partial charge in [-0.05, 0) is 12.8 Å². The Kier molecular flexibility index (Phi) is 8.90. The van der Waals surface area contributed by atoms with Crippen LogP contribution in [0.3, 0.4) is 0 Å². The van der Waals surface area contributed by atoms with Gasteiger partial charge in [-0.2, -0.15) is 12.6 Å². The third-order valence-corrected chi connectivity index (χ3v) is 2.19. The van der Waals surface area contributed by atoms with Crippen molar-refractivity contribution < 1.29 is 19.7 Å². The minimum atomic E-state index is -0.606. The Labute approximate surface area is 84.3 Å². The molecule has 0 unspecified atom stereocenters. The van der Waals surface area contributed by atoms with Crippen molar-refractivity contribution in [3.05, 3.63) is 0 Å². The zero-order valence-corrected chi connectivity index (χ0v) is 8.74. The van der Waals surface area contributed by atoms with Gasteiger partial charge in [0.05, 0.1) is 12.7 Å². The molecule has 4 nitrogen and oxygen atoms in total. The SMILES string of the molecule is COCOC[C@@H](O)[C@H](S)CCCO. The quantitative estimate of drug-likeness (QED) is 0.301. The van der Waals surface area contributed by atoms with E-state index in [4.69, 9.17) is 9.84 Å². The monoisotopic (exact) mass is 210 g/mol. The molecule has 0 fully saturated rings. The van der Waals surface area contributed by atoms with Crippen LogP contribution in [0.5, 0.6) is 0 Å². The molecule has 2 atom stereocenters. The summed E-state index contributed by atoms with van der Waals surface area (Å²) in [5.41, 5.74) is 0. The third kappa shape index (κ3) is 7.28. The van der Waals surface area contributed by atoms with Gasteiger partial charge in [0.2, 0.25) is 0 Å². The Morgan fingerprint density at radius 2 is 2.15 bits per heavy atom. The summed E-state index contributed by atoms with van der Waals surface area (Å²) in [5, 5.41) is 17.8. The van der Waals surface area contributed by atoms with E-state index < -0.39 is 6.10 Å². The topological polar surface area (TPSA) is 58.9 Å². The minimum Gasteiger partial charge on any atom is -0.396 e. The molecule has 0 aliphatic heterocycles. The highest BCUT2D eigenvalue weighted by Gasteiger charge is 2.14. The number of hydrogen-bond acceptors (Lipinski definition) is 5. The normalized spacial score (nSPS) is 15.7. The molecule has 0 saturated carbocycles. The van der Waals surface area contributed by atoms with Crippen molar-refractivity contribution >= 4 is 12.6 Å². The summed E-state index contributed by atoms with van der Waals surface area (Å²) in [7, 11) is 1.52. The summed E-state index contributed by atoms with van der Waals surface area (Å²) < 4.78 is 9.62. The highest BCUT2D eigenvalue weighted by Crippen LogP contribution is 2.09. The van der Waals surface area contributed by atoms with Gasteiger partial charge in [-0.25, -0.2) is 0 Å². The number of methoxy groups -OCH3 is 1. The summed E-state index contributed by atoms with van der Waals surface area (Å²) in [5.74, 6) is 0. The Hall–Kier alpha value is 0.190. The van der Waals surface area contributed by atoms with Crippen LogP contribution in [0.25, 0.3) is 0 Å². The molecular weight excluding hydrogens is 192 g/mol. The number of aliphatic hydroxyl groups is 2. The molecule has 0 aliphatic rings. The molecule has 5 heteroatoms. The number of aliphatic hydroxyl groups excluding tert-OH is 2. The molecule has 0 aromatic heterocycles. The van der Waals surface area contributed by atoms with Gasteiger partial charge in [0.1, 0.15) is 6.79 Å². The minimum absolute atomic E-state index is 0.128. The van der Waals surface area contributed by atoms with Crippen LogP contribution in [0.4, 0.5) is 0 Å². The van der Waals surface area contributed by atoms with Crippen LogP contribution < -0.4 is 0 Å². The molecule has 0 radical (unpaired) electrons. The van der Waals surface area contributed by atoms with E-state index in [1.807, 2.05) is 0 Å². The van der Waals surface area contributed by atoms with Crippen LogP contribution in [0.2, 0.25) is 0 Å². The molecule has 0 bridgehead atoms. The van der Waals surface area contributed by atoms with Crippen molar-refractivity contribution in [2.75, 3.05) is 27.1 Å². The molecule has 2 N–H and O–H groups in total. The first-order chi connectivity index (χ1) is 6.22. The standard InChI is InChI=1S/C8H18O4S/c1-11-6-12-5-7(10)8(13)3-2-4-9/h7-10,13H,2-6H2,1H3/t7-,8-/m1/s1. The largest absolute Gasteiger partial charge is 0.396 e. The van der Waals surface area contributed by atoms with Gasteiger partial charge in [-0.15, -0.1) is 0 Å². The molecule has 13 heavy (non-hydrogen) atoms. The van der Waals surface area contributed by atoms with Crippen LogP contribution in [-0.4, -0.2) is 48.7 Å². The average Bonchev–Trinajstić information content (AvgIpc) is 2.14. The second kappa shape index (κ2) is 8.77. The van der Waals surface area contributed by atoms with Crippen LogP contribution >= 0.6 is 12.6 Å². The maximum absolute atomic E-state index is 9.43. The van der Waals surface area contributed by atoms with Crippen LogP contribution in [-0.2, 0) is 9.47 Å². The van der Waals surface area contributed by atoms with Crippen LogP contribution in [0.15, 0.2) is 0 Å². The molecule has 0 rings (SSSR count). The fourth-order valence-electron chi connectivity index (χ4n) is 0.856. The first-order valence-electron chi connectivity index (χ1n) is 4.26. The second-order valence-electron chi connectivity index (χ2n) is 2.78. The van der Waals surface area contributed by atoms with E-state index in [0.717, 1.165) is 0 Å². The smallest absolute Gasteiger partial charge is 0.146 e. The zero-order chi connectivity index (χ0) is 10.1. The molecule has 0 saturated heterocycles. The van der Waals surface area contributed by atoms with Gasteiger partial charge < -0.3 is 19.7 Å². The summed E-state index contributed by atoms with van der Waals surface area (Å²) >= 11 is 4.18. The van der Waals surface area contributed by atoms with E-state index in [1.165, 1.54) is 7.11 Å². The average molecular weight is 210 g/mol. The van der Waals surface area contributed by atoms with Crippen molar-refractivity contribution in [3.63, 3.8) is 0 Å². The summed E-state index contributed by atoms with van der Waals surface area (Å²) in [6.45, 7) is 0.522. The lowest BCUT2D eigenvalue weighted by atomic mass is 10.1. The van der Waals surface area contributed by atoms with Crippen molar-refractivity contribution in [1.82, 2.24) is 0 Å². The predicted octanol–water partition coefficient (Wildman–Crippen LogP) is 0.0387. The Morgan fingerprint density at radius 1 is 1.46 bits per heavy atom. The van der Waals surface area contributed by atoms with Gasteiger partial charge in [0.15, 0.2) is 0 Å². The summed E-state index contributed by atoms with van der Waals surface area (Å²) in [6.07, 6.45) is 0.720. The number of hydrogen-bond donors (Lipinski definition) is 3. The first kappa shape index (κ1) is 13.2. The molecule has 0 heterocycles.